The van der Waals surface area contributed by atoms with E-state index in [0.29, 0.717) is 10.4 Å². The third kappa shape index (κ3) is 2.02. The van der Waals surface area contributed by atoms with Crippen molar-refractivity contribution in [2.45, 2.75) is 0 Å². The molecule has 0 radical (unpaired) electrons. The van der Waals surface area contributed by atoms with E-state index in [0.717, 1.165) is 11.1 Å². The molecule has 0 heterocycles. The maximum Gasteiger partial charge on any atom is 0.129 e. The van der Waals surface area contributed by atoms with E-state index in [1.807, 2.05) is 0 Å². The lowest BCUT2D eigenvalue weighted by molar-refractivity contribution is 0.472. The van der Waals surface area contributed by atoms with E-state index in [9.17, 15) is 5.11 Å². The largest absolute Gasteiger partial charge is 0.507 e. The van der Waals surface area contributed by atoms with Crippen molar-refractivity contribution in [3.63, 3.8) is 0 Å². The fourth-order valence-corrected chi connectivity index (χ4v) is 1.34. The molecule has 0 saturated carbocycles. The van der Waals surface area contributed by atoms with E-state index in [2.05, 4.69) is 22.5 Å². The Bertz CT molecular complexity index is 309. The molecule has 0 aliphatic heterocycles. The Morgan fingerprint density at radius 3 is 2.75 bits per heavy atom. The summed E-state index contributed by atoms with van der Waals surface area (Å²) in [5, 5.41) is 9.19. The number of benzene rings is 1. The Hall–Kier alpha value is -0.470. The summed E-state index contributed by atoms with van der Waals surface area (Å²) in [6.07, 6.45) is 0. The van der Waals surface area contributed by atoms with E-state index in [-0.39, 0.29) is 5.75 Å². The van der Waals surface area contributed by atoms with Crippen LogP contribution >= 0.6 is 27.5 Å². The van der Waals surface area contributed by atoms with Gasteiger partial charge >= 0.3 is 0 Å². The number of halogens is 2. The molecule has 1 aromatic rings. The molecule has 0 saturated heterocycles. The van der Waals surface area contributed by atoms with Crippen LogP contribution in [0.5, 0.6) is 5.75 Å². The number of rotatable bonds is 2. The molecule has 64 valence electrons. The van der Waals surface area contributed by atoms with Crippen molar-refractivity contribution in [2.75, 3.05) is 5.88 Å². The van der Waals surface area contributed by atoms with E-state index in [1.54, 1.807) is 18.2 Å². The lowest BCUT2D eigenvalue weighted by Gasteiger charge is -2.03. The van der Waals surface area contributed by atoms with Crippen molar-refractivity contribution in [1.29, 1.82) is 0 Å². The molecule has 0 aromatic heterocycles. The number of hydrogen-bond acceptors (Lipinski definition) is 1. The molecular formula is C9H8BrClO. The molecule has 0 bridgehead atoms. The summed E-state index contributed by atoms with van der Waals surface area (Å²) in [6, 6.07) is 5.18. The fraction of sp³-hybridized carbons (Fsp3) is 0.111. The minimum atomic E-state index is 0.223. The first-order chi connectivity index (χ1) is 5.65. The predicted octanol–water partition coefficient (Wildman–Crippen LogP) is 3.41. The van der Waals surface area contributed by atoms with Crippen LogP contribution in [0.25, 0.3) is 5.57 Å². The molecule has 0 aliphatic rings. The number of aromatic hydroxyl groups is 1. The molecule has 1 N–H and O–H groups in total. The van der Waals surface area contributed by atoms with Crippen LogP contribution in [0, 0.1) is 0 Å². The van der Waals surface area contributed by atoms with Crippen molar-refractivity contribution < 1.29 is 5.11 Å². The lowest BCUT2D eigenvalue weighted by atomic mass is 10.1. The maximum absolute atomic E-state index is 9.19. The molecule has 1 aromatic carbocycles. The molecule has 3 heteroatoms. The zero-order valence-corrected chi connectivity index (χ0v) is 8.69. The van der Waals surface area contributed by atoms with Gasteiger partial charge in [0.15, 0.2) is 0 Å². The van der Waals surface area contributed by atoms with E-state index in [4.69, 9.17) is 11.6 Å². The standard InChI is InChI=1S/C9H8BrClO/c1-6(5-11)7-2-3-9(12)8(10)4-7/h2-4,12H,1,5H2. The normalized spacial score (nSPS) is 9.83. The van der Waals surface area contributed by atoms with Gasteiger partial charge in [0.2, 0.25) is 0 Å². The molecule has 0 amide bonds. The van der Waals surface area contributed by atoms with Crippen LogP contribution in [-0.4, -0.2) is 11.0 Å². The summed E-state index contributed by atoms with van der Waals surface area (Å²) in [6.45, 7) is 3.78. The summed E-state index contributed by atoms with van der Waals surface area (Å²) in [5.74, 6) is 0.623. The van der Waals surface area contributed by atoms with Gasteiger partial charge in [0.25, 0.3) is 0 Å². The van der Waals surface area contributed by atoms with E-state index >= 15 is 0 Å². The number of alkyl halides is 1. The topological polar surface area (TPSA) is 20.2 Å². The highest BCUT2D eigenvalue weighted by Gasteiger charge is 2.01. The van der Waals surface area contributed by atoms with Gasteiger partial charge in [0.05, 0.1) is 4.47 Å². The van der Waals surface area contributed by atoms with Crippen LogP contribution in [0.4, 0.5) is 0 Å². The van der Waals surface area contributed by atoms with Gasteiger partial charge in [0, 0.05) is 5.88 Å². The van der Waals surface area contributed by atoms with Crippen molar-refractivity contribution in [3.8, 4) is 5.75 Å². The average molecular weight is 248 g/mol. The molecule has 12 heavy (non-hydrogen) atoms. The third-order valence-electron chi connectivity index (χ3n) is 1.52. The summed E-state index contributed by atoms with van der Waals surface area (Å²) < 4.78 is 0.659. The van der Waals surface area contributed by atoms with Gasteiger partial charge in [-0.25, -0.2) is 0 Å². The summed E-state index contributed by atoms with van der Waals surface area (Å²) in [4.78, 5) is 0. The first-order valence-corrected chi connectivity index (χ1v) is 4.70. The predicted molar refractivity (Wildman–Crippen MR) is 55.6 cm³/mol. The van der Waals surface area contributed by atoms with Gasteiger partial charge in [-0.15, -0.1) is 11.6 Å². The Kier molecular flexibility index (Phi) is 3.18. The number of allylic oxidation sites excluding steroid dienone is 1. The zero-order valence-electron chi connectivity index (χ0n) is 6.35. The van der Waals surface area contributed by atoms with Gasteiger partial charge in [-0.2, -0.15) is 0 Å². The molecule has 1 rings (SSSR count). The molecular weight excluding hydrogens is 239 g/mol. The quantitative estimate of drug-likeness (QED) is 0.794. The van der Waals surface area contributed by atoms with Crippen LogP contribution in [0.1, 0.15) is 5.56 Å². The second-order valence-electron chi connectivity index (χ2n) is 2.40. The molecule has 0 spiro atoms. The van der Waals surface area contributed by atoms with Crippen LogP contribution in [0.15, 0.2) is 29.3 Å². The number of phenols is 1. The van der Waals surface area contributed by atoms with Crippen molar-refractivity contribution >= 4 is 33.1 Å². The van der Waals surface area contributed by atoms with Crippen molar-refractivity contribution in [3.05, 3.63) is 34.8 Å². The van der Waals surface area contributed by atoms with E-state index < -0.39 is 0 Å². The second-order valence-corrected chi connectivity index (χ2v) is 3.52. The fourth-order valence-electron chi connectivity index (χ4n) is 0.804. The lowest BCUT2D eigenvalue weighted by Crippen LogP contribution is -1.83. The van der Waals surface area contributed by atoms with Crippen LogP contribution in [0.2, 0.25) is 0 Å². The minimum absolute atomic E-state index is 0.223. The Morgan fingerprint density at radius 1 is 1.58 bits per heavy atom. The van der Waals surface area contributed by atoms with Gasteiger partial charge in [-0.05, 0) is 39.2 Å². The Labute approximate surface area is 84.8 Å². The monoisotopic (exact) mass is 246 g/mol. The van der Waals surface area contributed by atoms with Crippen LogP contribution < -0.4 is 0 Å². The average Bonchev–Trinajstić information content (AvgIpc) is 2.08. The van der Waals surface area contributed by atoms with Crippen molar-refractivity contribution in [2.24, 2.45) is 0 Å². The number of hydrogen-bond donors (Lipinski definition) is 1. The van der Waals surface area contributed by atoms with E-state index in [1.165, 1.54) is 0 Å². The third-order valence-corrected chi connectivity index (χ3v) is 2.48. The Balaban J connectivity index is 3.05. The smallest absolute Gasteiger partial charge is 0.129 e. The zero-order chi connectivity index (χ0) is 9.14. The molecule has 0 aliphatic carbocycles. The van der Waals surface area contributed by atoms with Gasteiger partial charge in [-0.3, -0.25) is 0 Å². The van der Waals surface area contributed by atoms with Gasteiger partial charge < -0.3 is 5.11 Å². The number of phenolic OH excluding ortho intramolecular Hbond substituents is 1. The van der Waals surface area contributed by atoms with Gasteiger partial charge in [0.1, 0.15) is 5.75 Å². The summed E-state index contributed by atoms with van der Waals surface area (Å²) in [5.41, 5.74) is 1.78. The Morgan fingerprint density at radius 2 is 2.25 bits per heavy atom. The van der Waals surface area contributed by atoms with Gasteiger partial charge in [-0.1, -0.05) is 12.6 Å². The second kappa shape index (κ2) is 3.97. The highest BCUT2D eigenvalue weighted by Crippen LogP contribution is 2.27. The highest BCUT2D eigenvalue weighted by atomic mass is 79.9. The highest BCUT2D eigenvalue weighted by molar-refractivity contribution is 9.10. The molecule has 0 fully saturated rings. The molecule has 0 atom stereocenters. The SMILES string of the molecule is C=C(CCl)c1ccc(O)c(Br)c1. The molecule has 1 nitrogen and oxygen atoms in total. The van der Waals surface area contributed by atoms with Crippen LogP contribution in [0.3, 0.4) is 0 Å². The molecule has 0 unspecified atom stereocenters. The maximum atomic E-state index is 9.19. The van der Waals surface area contributed by atoms with Crippen molar-refractivity contribution in [1.82, 2.24) is 0 Å². The summed E-state index contributed by atoms with van der Waals surface area (Å²) in [7, 11) is 0. The summed E-state index contributed by atoms with van der Waals surface area (Å²) >= 11 is 8.81. The first-order valence-electron chi connectivity index (χ1n) is 3.37. The minimum Gasteiger partial charge on any atom is -0.507 e. The van der Waals surface area contributed by atoms with Crippen LogP contribution in [-0.2, 0) is 0 Å². The first kappa shape index (κ1) is 9.62.